The zero-order chi connectivity index (χ0) is 14.6. The second-order valence-electron chi connectivity index (χ2n) is 6.62. The molecule has 0 spiro atoms. The maximum Gasteiger partial charge on any atom is 0.326 e. The fourth-order valence-electron chi connectivity index (χ4n) is 2.52. The lowest BCUT2D eigenvalue weighted by molar-refractivity contribution is -0.141. The van der Waals surface area contributed by atoms with Gasteiger partial charge in [0, 0.05) is 6.04 Å². The van der Waals surface area contributed by atoms with Crippen molar-refractivity contribution >= 4 is 12.0 Å². The Kier molecular flexibility index (Phi) is 5.20. The lowest BCUT2D eigenvalue weighted by atomic mass is 9.85. The van der Waals surface area contributed by atoms with E-state index < -0.39 is 17.4 Å². The first kappa shape index (κ1) is 15.8. The third-order valence-electron chi connectivity index (χ3n) is 3.82. The number of hydrogen-bond acceptors (Lipinski definition) is 2. The Balaban J connectivity index is 2.55. The van der Waals surface area contributed by atoms with E-state index in [0.717, 1.165) is 19.3 Å². The van der Waals surface area contributed by atoms with E-state index in [1.165, 1.54) is 6.42 Å². The number of carbonyl (C=O) groups is 2. The molecule has 3 N–H and O–H groups in total. The van der Waals surface area contributed by atoms with Crippen LogP contribution < -0.4 is 10.6 Å². The van der Waals surface area contributed by atoms with Crippen LogP contribution in [0.4, 0.5) is 4.79 Å². The van der Waals surface area contributed by atoms with Crippen LogP contribution in [0.3, 0.4) is 0 Å². The first-order valence-corrected chi connectivity index (χ1v) is 7.01. The normalized spacial score (nSPS) is 25.5. The molecular formula is C14H26N2O3. The van der Waals surface area contributed by atoms with Crippen LogP contribution in [0.25, 0.3) is 0 Å². The van der Waals surface area contributed by atoms with E-state index in [1.54, 1.807) is 20.8 Å². The van der Waals surface area contributed by atoms with E-state index in [1.807, 2.05) is 0 Å². The van der Waals surface area contributed by atoms with Crippen molar-refractivity contribution in [2.45, 2.75) is 65.5 Å². The Morgan fingerprint density at radius 3 is 2.26 bits per heavy atom. The molecule has 1 aliphatic carbocycles. The molecule has 0 aliphatic heterocycles. The topological polar surface area (TPSA) is 78.4 Å². The van der Waals surface area contributed by atoms with Crippen molar-refractivity contribution < 1.29 is 14.7 Å². The van der Waals surface area contributed by atoms with E-state index in [0.29, 0.717) is 5.92 Å². The molecule has 0 bridgehead atoms. The molecule has 19 heavy (non-hydrogen) atoms. The van der Waals surface area contributed by atoms with Gasteiger partial charge < -0.3 is 15.7 Å². The van der Waals surface area contributed by atoms with Gasteiger partial charge in [-0.2, -0.15) is 0 Å². The summed E-state index contributed by atoms with van der Waals surface area (Å²) in [6.45, 7) is 7.53. The Hall–Kier alpha value is -1.26. The second kappa shape index (κ2) is 6.26. The van der Waals surface area contributed by atoms with Crippen LogP contribution in [-0.4, -0.2) is 29.2 Å². The average molecular weight is 270 g/mol. The van der Waals surface area contributed by atoms with Gasteiger partial charge in [-0.15, -0.1) is 0 Å². The highest BCUT2D eigenvalue weighted by Gasteiger charge is 2.33. The minimum absolute atomic E-state index is 0.156. The van der Waals surface area contributed by atoms with Gasteiger partial charge in [0.1, 0.15) is 6.04 Å². The van der Waals surface area contributed by atoms with E-state index in [4.69, 9.17) is 0 Å². The Morgan fingerprint density at radius 2 is 1.79 bits per heavy atom. The number of aliphatic carboxylic acids is 1. The third kappa shape index (κ3) is 4.73. The maximum atomic E-state index is 11.9. The zero-order valence-corrected chi connectivity index (χ0v) is 12.3. The van der Waals surface area contributed by atoms with Gasteiger partial charge in [-0.1, -0.05) is 40.5 Å². The smallest absolute Gasteiger partial charge is 0.326 e. The number of nitrogens with one attached hydrogen (secondary N) is 2. The molecule has 0 aromatic heterocycles. The van der Waals surface area contributed by atoms with Gasteiger partial charge in [-0.05, 0) is 24.2 Å². The van der Waals surface area contributed by atoms with Gasteiger partial charge in [0.15, 0.2) is 0 Å². The first-order valence-electron chi connectivity index (χ1n) is 7.01. The van der Waals surface area contributed by atoms with Crippen molar-refractivity contribution in [1.82, 2.24) is 10.6 Å². The van der Waals surface area contributed by atoms with Crippen molar-refractivity contribution in [2.75, 3.05) is 0 Å². The summed E-state index contributed by atoms with van der Waals surface area (Å²) >= 11 is 0. The van der Waals surface area contributed by atoms with Crippen molar-refractivity contribution in [3.05, 3.63) is 0 Å². The summed E-state index contributed by atoms with van der Waals surface area (Å²) in [5, 5.41) is 14.7. The van der Waals surface area contributed by atoms with Crippen LogP contribution >= 0.6 is 0 Å². The number of hydrogen-bond donors (Lipinski definition) is 3. The number of carbonyl (C=O) groups excluding carboxylic acids is 1. The Labute approximate surface area is 115 Å². The minimum Gasteiger partial charge on any atom is -0.480 e. The van der Waals surface area contributed by atoms with Crippen LogP contribution in [0.2, 0.25) is 0 Å². The number of urea groups is 1. The summed E-state index contributed by atoms with van der Waals surface area (Å²) in [5.74, 6) is -0.545. The fraction of sp³-hybridized carbons (Fsp3) is 0.857. The number of rotatable bonds is 3. The van der Waals surface area contributed by atoms with E-state index in [2.05, 4.69) is 17.6 Å². The molecule has 0 heterocycles. The molecule has 1 aliphatic rings. The van der Waals surface area contributed by atoms with Gasteiger partial charge in [0.25, 0.3) is 0 Å². The number of carboxylic acids is 1. The molecule has 110 valence electrons. The number of carboxylic acid groups (broad SMARTS) is 1. The molecule has 2 unspecified atom stereocenters. The standard InChI is InChI=1S/C14H26N2O3/c1-9-7-5-6-8-10(9)15-13(19)16-11(12(17)18)14(2,3)4/h9-11H,5-8H2,1-4H3,(H,17,18)(H2,15,16,19)/t9?,10?,11-/m0/s1. The highest BCUT2D eigenvalue weighted by molar-refractivity contribution is 5.83. The minimum atomic E-state index is -1.00. The van der Waals surface area contributed by atoms with Crippen molar-refractivity contribution in [1.29, 1.82) is 0 Å². The molecule has 1 rings (SSSR count). The summed E-state index contributed by atoms with van der Waals surface area (Å²) in [4.78, 5) is 23.1. The van der Waals surface area contributed by atoms with Crippen molar-refractivity contribution in [3.63, 3.8) is 0 Å². The summed E-state index contributed by atoms with van der Waals surface area (Å²) in [7, 11) is 0. The van der Waals surface area contributed by atoms with Crippen LogP contribution in [0.15, 0.2) is 0 Å². The zero-order valence-electron chi connectivity index (χ0n) is 12.3. The predicted molar refractivity (Wildman–Crippen MR) is 74.0 cm³/mol. The Bertz CT molecular complexity index is 336. The second-order valence-corrected chi connectivity index (χ2v) is 6.62. The SMILES string of the molecule is CC1CCCCC1NC(=O)N[C@@H](C(=O)O)C(C)(C)C. The monoisotopic (exact) mass is 270 g/mol. The molecule has 3 atom stereocenters. The molecule has 0 saturated heterocycles. The van der Waals surface area contributed by atoms with Gasteiger partial charge in [0.05, 0.1) is 0 Å². The van der Waals surface area contributed by atoms with Crippen LogP contribution in [0.5, 0.6) is 0 Å². The Morgan fingerprint density at radius 1 is 1.21 bits per heavy atom. The van der Waals surface area contributed by atoms with E-state index >= 15 is 0 Å². The summed E-state index contributed by atoms with van der Waals surface area (Å²) in [5.41, 5.74) is -0.513. The van der Waals surface area contributed by atoms with Crippen LogP contribution in [0, 0.1) is 11.3 Å². The van der Waals surface area contributed by atoms with E-state index in [9.17, 15) is 14.7 Å². The quantitative estimate of drug-likeness (QED) is 0.736. The highest BCUT2D eigenvalue weighted by atomic mass is 16.4. The highest BCUT2D eigenvalue weighted by Crippen LogP contribution is 2.24. The predicted octanol–water partition coefficient (Wildman–Crippen LogP) is 2.36. The van der Waals surface area contributed by atoms with Gasteiger partial charge in [-0.25, -0.2) is 9.59 Å². The molecule has 1 fully saturated rings. The largest absolute Gasteiger partial charge is 0.480 e. The number of amides is 2. The molecule has 5 nitrogen and oxygen atoms in total. The molecule has 2 amide bonds. The molecule has 0 radical (unpaired) electrons. The first-order chi connectivity index (χ1) is 8.71. The molecule has 5 heteroatoms. The van der Waals surface area contributed by atoms with Crippen LogP contribution in [-0.2, 0) is 4.79 Å². The average Bonchev–Trinajstić information content (AvgIpc) is 2.27. The van der Waals surface area contributed by atoms with Gasteiger partial charge in [-0.3, -0.25) is 0 Å². The van der Waals surface area contributed by atoms with Gasteiger partial charge in [0.2, 0.25) is 0 Å². The van der Waals surface area contributed by atoms with Gasteiger partial charge >= 0.3 is 12.0 Å². The fourth-order valence-corrected chi connectivity index (χ4v) is 2.52. The molecule has 0 aromatic rings. The lowest BCUT2D eigenvalue weighted by Gasteiger charge is -2.32. The van der Waals surface area contributed by atoms with Crippen LogP contribution in [0.1, 0.15) is 53.4 Å². The molecule has 1 saturated carbocycles. The summed E-state index contributed by atoms with van der Waals surface area (Å²) in [6.07, 6.45) is 4.42. The van der Waals surface area contributed by atoms with E-state index in [-0.39, 0.29) is 12.1 Å². The summed E-state index contributed by atoms with van der Waals surface area (Å²) in [6, 6.07) is -1.10. The molecular weight excluding hydrogens is 244 g/mol. The third-order valence-corrected chi connectivity index (χ3v) is 3.82. The maximum absolute atomic E-state index is 11.9. The van der Waals surface area contributed by atoms with Crippen molar-refractivity contribution in [3.8, 4) is 0 Å². The lowest BCUT2D eigenvalue weighted by Crippen LogP contribution is -2.55. The molecule has 0 aromatic carbocycles. The summed E-state index contributed by atoms with van der Waals surface area (Å²) < 4.78 is 0. The van der Waals surface area contributed by atoms with Crippen molar-refractivity contribution in [2.24, 2.45) is 11.3 Å².